The molecule has 413 valence electrons. The number of hydrogen-bond donors (Lipinski definition) is 0. The molecular weight excluding hydrogens is 918 g/mol. The number of unbranched alkanes of at least 4 members (excludes halogenated alkanes) is 1. The van der Waals surface area contributed by atoms with Crippen LogP contribution in [-0.2, 0) is 19.2 Å². The second-order valence-corrected chi connectivity index (χ2v) is 18.9. The number of fused-ring (bicyclic) bond motifs is 1. The lowest BCUT2D eigenvalue weighted by Gasteiger charge is -2.21. The highest BCUT2D eigenvalue weighted by Crippen LogP contribution is 2.36. The van der Waals surface area contributed by atoms with Crippen LogP contribution in [0, 0.1) is 25.7 Å². The lowest BCUT2D eigenvalue weighted by atomic mass is 9.74. The van der Waals surface area contributed by atoms with Crippen LogP contribution in [0.1, 0.15) is 246 Å². The minimum atomic E-state index is -0.902. The maximum Gasteiger partial charge on any atom is 0.262 e. The van der Waals surface area contributed by atoms with Gasteiger partial charge in [-0.25, -0.2) is 0 Å². The second-order valence-electron chi connectivity index (χ2n) is 18.9. The summed E-state index contributed by atoms with van der Waals surface area (Å²) in [5, 5.41) is 0. The maximum absolute atomic E-state index is 12.4. The van der Waals surface area contributed by atoms with Crippen LogP contribution >= 0.6 is 0 Å². The summed E-state index contributed by atoms with van der Waals surface area (Å²) in [6.45, 7) is 42.8. The summed E-state index contributed by atoms with van der Waals surface area (Å²) in [4.78, 5) is 79.7. The van der Waals surface area contributed by atoms with Crippen LogP contribution in [0.4, 0.5) is 0 Å². The van der Waals surface area contributed by atoms with E-state index < -0.39 is 17.9 Å². The van der Waals surface area contributed by atoms with Crippen molar-refractivity contribution in [3.8, 4) is 0 Å². The molecule has 2 heterocycles. The van der Waals surface area contributed by atoms with Crippen LogP contribution in [-0.4, -0.2) is 70.3 Å². The van der Waals surface area contributed by atoms with Gasteiger partial charge in [0.2, 0.25) is 0 Å². The fraction of sp³-hybridized carbons (Fsp3) is 0.594. The number of carbonyl (C=O) groups excluding carboxylic acids is 6. The van der Waals surface area contributed by atoms with Gasteiger partial charge in [-0.15, -0.1) is 0 Å². The number of benzene rings is 1. The van der Waals surface area contributed by atoms with Gasteiger partial charge in [-0.05, 0) is 160 Å². The summed E-state index contributed by atoms with van der Waals surface area (Å²) in [5.41, 5.74) is 10.9. The Balaban J connectivity index is -0.000000923. The third kappa shape index (κ3) is 27.4. The van der Waals surface area contributed by atoms with Crippen LogP contribution < -0.4 is 0 Å². The van der Waals surface area contributed by atoms with E-state index in [-0.39, 0.29) is 30.1 Å². The van der Waals surface area contributed by atoms with Crippen molar-refractivity contribution in [3.05, 3.63) is 111 Å². The van der Waals surface area contributed by atoms with E-state index in [0.717, 1.165) is 78.4 Å². The van der Waals surface area contributed by atoms with Crippen LogP contribution in [0.2, 0.25) is 6.82 Å². The molecule has 4 atom stereocenters. The number of pyridine rings is 1. The lowest BCUT2D eigenvalue weighted by molar-refractivity contribution is -0.117. The first kappa shape index (κ1) is 73.1. The number of Topliss-reactive ketones (excluding diaryl/α,β-unsaturated/α-hetero) is 2. The Hall–Kier alpha value is -5.12. The zero-order valence-electron chi connectivity index (χ0n) is 50.6. The smallest absolute Gasteiger partial charge is 0.262 e. The zero-order valence-corrected chi connectivity index (χ0v) is 50.6. The molecule has 0 N–H and O–H groups in total. The first-order valence-electron chi connectivity index (χ1n) is 28.1. The number of carbonyl (C=O) groups is 6. The molecule has 9 nitrogen and oxygen atoms in total. The molecule has 2 amide bonds. The lowest BCUT2D eigenvalue weighted by Crippen LogP contribution is -2.41. The Morgan fingerprint density at radius 1 is 0.811 bits per heavy atom. The monoisotopic (exact) mass is 1020 g/mol. The van der Waals surface area contributed by atoms with Gasteiger partial charge in [-0.1, -0.05) is 157 Å². The molecular formula is C64H103BN3O6. The van der Waals surface area contributed by atoms with Gasteiger partial charge < -0.3 is 14.4 Å². The molecule has 2 aromatic rings. The van der Waals surface area contributed by atoms with Crippen molar-refractivity contribution < 1.29 is 28.8 Å². The molecule has 74 heavy (non-hydrogen) atoms. The van der Waals surface area contributed by atoms with E-state index in [1.54, 1.807) is 45.8 Å². The number of imide groups is 1. The molecule has 1 radical (unpaired) electrons. The molecule has 1 aromatic heterocycles. The predicted molar refractivity (Wildman–Crippen MR) is 318 cm³/mol. The van der Waals surface area contributed by atoms with E-state index >= 15 is 0 Å². The number of hydrogen-bond acceptors (Lipinski definition) is 8. The molecule has 4 rings (SSSR count). The van der Waals surface area contributed by atoms with Gasteiger partial charge >= 0.3 is 0 Å². The van der Waals surface area contributed by atoms with Crippen LogP contribution in [0.3, 0.4) is 0 Å². The quantitative estimate of drug-likeness (QED) is 0.0400. The third-order valence-corrected chi connectivity index (χ3v) is 12.4. The first-order chi connectivity index (χ1) is 35.2. The summed E-state index contributed by atoms with van der Waals surface area (Å²) >= 11 is 0. The van der Waals surface area contributed by atoms with Gasteiger partial charge in [-0.3, -0.25) is 29.3 Å². The van der Waals surface area contributed by atoms with Crippen molar-refractivity contribution in [2.75, 3.05) is 0 Å². The number of ketones is 2. The van der Waals surface area contributed by atoms with Crippen LogP contribution in [0.15, 0.2) is 87.5 Å². The fourth-order valence-corrected chi connectivity index (χ4v) is 8.15. The number of allylic oxidation sites excluding steroid dienone is 7. The molecule has 2 aliphatic rings. The van der Waals surface area contributed by atoms with Crippen molar-refractivity contribution >= 4 is 48.3 Å². The SMILES string of the molecule is C/C=C/CC(C)N=C(C)c1cccc(C)n1.CC.CC.CCC.CCCC(C)=O.CCCCC(C)C(C)CC1=C(C)CC(CC)=C(CC)C(C(C)=O)=C1.C[B]C(=O)CCC(C=O)N1C(=O)c2cccc(C)c2C1=O. The molecule has 4 unspecified atom stereocenters. The molecule has 10 heteroatoms. The highest BCUT2D eigenvalue weighted by atomic mass is 16.2. The van der Waals surface area contributed by atoms with Gasteiger partial charge in [0.05, 0.1) is 40.3 Å². The van der Waals surface area contributed by atoms with E-state index in [2.05, 4.69) is 90.5 Å². The number of aliphatic imine (C=N–C) groups is 1. The Bertz CT molecular complexity index is 2160. The molecule has 0 saturated carbocycles. The fourth-order valence-electron chi connectivity index (χ4n) is 8.15. The highest BCUT2D eigenvalue weighted by molar-refractivity contribution is 6.72. The van der Waals surface area contributed by atoms with Crippen LogP contribution in [0.25, 0.3) is 0 Å². The first-order valence-corrected chi connectivity index (χ1v) is 28.1. The topological polar surface area (TPSA) is 131 Å². The summed E-state index contributed by atoms with van der Waals surface area (Å²) in [6, 6.07) is 10.5. The number of aromatic nitrogens is 1. The van der Waals surface area contributed by atoms with Gasteiger partial charge in [0.15, 0.2) is 13.1 Å². The molecule has 1 aliphatic heterocycles. The highest BCUT2D eigenvalue weighted by Gasteiger charge is 2.40. The predicted octanol–water partition coefficient (Wildman–Crippen LogP) is 16.8. The number of nitrogens with zero attached hydrogens (tertiary/aromatic N) is 3. The van der Waals surface area contributed by atoms with Crippen molar-refractivity contribution in [2.45, 2.75) is 241 Å². The minimum Gasteiger partial charge on any atom is -0.312 e. The van der Waals surface area contributed by atoms with Crippen molar-refractivity contribution in [2.24, 2.45) is 16.8 Å². The van der Waals surface area contributed by atoms with E-state index in [4.69, 9.17) is 0 Å². The molecule has 1 aliphatic carbocycles. The average Bonchev–Trinajstić information content (AvgIpc) is 3.55. The molecule has 0 fully saturated rings. The molecule has 0 spiro atoms. The Morgan fingerprint density at radius 3 is 1.88 bits per heavy atom. The summed E-state index contributed by atoms with van der Waals surface area (Å²) < 4.78 is 0. The van der Waals surface area contributed by atoms with E-state index in [1.807, 2.05) is 73.6 Å². The molecule has 0 bridgehead atoms. The largest absolute Gasteiger partial charge is 0.312 e. The molecule has 0 saturated heterocycles. The zero-order chi connectivity index (χ0) is 57.5. The number of aldehydes is 1. The summed E-state index contributed by atoms with van der Waals surface area (Å²) in [5.74, 6) is 0.988. The third-order valence-electron chi connectivity index (χ3n) is 12.4. The van der Waals surface area contributed by atoms with E-state index in [9.17, 15) is 28.8 Å². The van der Waals surface area contributed by atoms with Crippen molar-refractivity contribution in [1.29, 1.82) is 0 Å². The normalized spacial score (nSPS) is 14.4. The van der Waals surface area contributed by atoms with Crippen molar-refractivity contribution in [1.82, 2.24) is 9.88 Å². The standard InChI is InChI=1S/C23H38O.C15H15BNO4.C14H20N2.C5H10O.C3H8.2C2H6/c1-8-11-12-16(4)17(5)13-21-15-23(19(7)24)22(10-3)20(9-2)14-18(21)6;1-9-4-3-5-11-13(9)15(21)17(14(11)20)10(8-18)6-7-12(19)16-2;1-5-6-8-11(2)15-13(4)14-10-7-9-12(3)16-14;1-3-4-5(2)6;1-3-2;2*1-2/h15-17H,8-14H2,1-7H3;3-5,8,10H,6-7H2,1-2H3;5-7,9-11H,8H2,1-4H3;3-4H2,1-2H3;3H2,1-2H3;2*1-2H3/b;;6-5+,15-13?;;;;. The van der Waals surface area contributed by atoms with Crippen molar-refractivity contribution in [3.63, 3.8) is 0 Å². The van der Waals surface area contributed by atoms with Crippen LogP contribution in [0.5, 0.6) is 0 Å². The second kappa shape index (κ2) is 43.2. The van der Waals surface area contributed by atoms with Gasteiger partial charge in [-0.2, -0.15) is 0 Å². The Morgan fingerprint density at radius 2 is 1.42 bits per heavy atom. The summed E-state index contributed by atoms with van der Waals surface area (Å²) in [6.07, 6.45) is 19.3. The summed E-state index contributed by atoms with van der Waals surface area (Å²) in [7, 11) is 1.41. The number of amides is 2. The van der Waals surface area contributed by atoms with Gasteiger partial charge in [0, 0.05) is 17.7 Å². The van der Waals surface area contributed by atoms with Gasteiger partial charge in [0.25, 0.3) is 11.8 Å². The van der Waals surface area contributed by atoms with E-state index in [0.29, 0.717) is 34.9 Å². The van der Waals surface area contributed by atoms with Gasteiger partial charge in [0.1, 0.15) is 12.1 Å². The number of aryl methyl sites for hydroxylation is 2. The molecule has 1 aromatic carbocycles. The van der Waals surface area contributed by atoms with E-state index in [1.165, 1.54) is 55.3 Å². The Kier molecular flexibility index (Phi) is 42.7. The minimum absolute atomic E-state index is 0.116. The number of rotatable bonds is 21. The average molecular weight is 1020 g/mol. The maximum atomic E-state index is 12.4. The Labute approximate surface area is 453 Å².